The number of sulfone groups is 1. The maximum absolute atomic E-state index is 12.1. The molecule has 1 N–H and O–H groups in total. The first-order chi connectivity index (χ1) is 9.79. The van der Waals surface area contributed by atoms with E-state index in [0.29, 0.717) is 18.3 Å². The molecule has 1 saturated heterocycles. The summed E-state index contributed by atoms with van der Waals surface area (Å²) in [5, 5.41) is 3.43. The number of nitrogens with one attached hydrogen (secondary N) is 1. The van der Waals surface area contributed by atoms with Crippen molar-refractivity contribution in [1.82, 2.24) is 10.2 Å². The molecule has 1 saturated carbocycles. The summed E-state index contributed by atoms with van der Waals surface area (Å²) in [4.78, 5) is 2.47. The molecule has 0 bridgehead atoms. The van der Waals surface area contributed by atoms with Gasteiger partial charge in [-0.05, 0) is 46.0 Å². The maximum atomic E-state index is 12.1. The molecular weight excluding hydrogens is 284 g/mol. The van der Waals surface area contributed by atoms with Gasteiger partial charge in [0, 0.05) is 31.2 Å². The predicted molar refractivity (Wildman–Crippen MR) is 88.3 cm³/mol. The van der Waals surface area contributed by atoms with Crippen LogP contribution in [-0.4, -0.2) is 55.5 Å². The number of piperazine rings is 1. The summed E-state index contributed by atoms with van der Waals surface area (Å²) in [6.45, 7) is 10.8. The van der Waals surface area contributed by atoms with E-state index in [1.165, 1.54) is 25.7 Å². The SMILES string of the molecule is CCCC1CN(CCS(=O)(=O)C(C)C)C(C)(C2CC2)CN1. The molecule has 0 radical (unpaired) electrons. The molecule has 1 aliphatic heterocycles. The molecule has 2 rings (SSSR count). The first-order valence-electron chi connectivity index (χ1n) is 8.49. The van der Waals surface area contributed by atoms with Crippen molar-refractivity contribution in [3.8, 4) is 0 Å². The Morgan fingerprint density at radius 2 is 2.00 bits per heavy atom. The van der Waals surface area contributed by atoms with E-state index in [0.717, 1.165) is 19.0 Å². The molecule has 2 unspecified atom stereocenters. The summed E-state index contributed by atoms with van der Waals surface area (Å²) in [5.41, 5.74) is 0.150. The van der Waals surface area contributed by atoms with Crippen molar-refractivity contribution in [3.63, 3.8) is 0 Å². The lowest BCUT2D eigenvalue weighted by atomic mass is 9.89. The predicted octanol–water partition coefficient (Wildman–Crippen LogP) is 2.05. The van der Waals surface area contributed by atoms with Crippen molar-refractivity contribution in [2.75, 3.05) is 25.4 Å². The Labute approximate surface area is 130 Å². The largest absolute Gasteiger partial charge is 0.311 e. The zero-order valence-electron chi connectivity index (χ0n) is 14.1. The highest BCUT2D eigenvalue weighted by Crippen LogP contribution is 2.44. The molecule has 4 nitrogen and oxygen atoms in total. The molecule has 1 heterocycles. The van der Waals surface area contributed by atoms with E-state index in [2.05, 4.69) is 24.1 Å². The van der Waals surface area contributed by atoms with Gasteiger partial charge in [0.25, 0.3) is 0 Å². The lowest BCUT2D eigenvalue weighted by Gasteiger charge is -2.49. The number of nitrogens with zero attached hydrogens (tertiary/aromatic N) is 1. The maximum Gasteiger partial charge on any atom is 0.153 e. The topological polar surface area (TPSA) is 49.4 Å². The van der Waals surface area contributed by atoms with Crippen LogP contribution in [0.2, 0.25) is 0 Å². The van der Waals surface area contributed by atoms with Crippen molar-refractivity contribution < 1.29 is 8.42 Å². The lowest BCUT2D eigenvalue weighted by molar-refractivity contribution is 0.0387. The van der Waals surface area contributed by atoms with Gasteiger partial charge < -0.3 is 5.32 Å². The van der Waals surface area contributed by atoms with Crippen LogP contribution in [0.4, 0.5) is 0 Å². The van der Waals surface area contributed by atoms with E-state index in [-0.39, 0.29) is 10.8 Å². The van der Waals surface area contributed by atoms with Crippen molar-refractivity contribution in [2.45, 2.75) is 70.2 Å². The molecule has 124 valence electrons. The minimum atomic E-state index is -2.94. The zero-order chi connectivity index (χ0) is 15.7. The van der Waals surface area contributed by atoms with Crippen LogP contribution in [0, 0.1) is 5.92 Å². The van der Waals surface area contributed by atoms with E-state index in [1.807, 2.05) is 0 Å². The molecule has 1 aliphatic carbocycles. The molecule has 21 heavy (non-hydrogen) atoms. The minimum Gasteiger partial charge on any atom is -0.311 e. The van der Waals surface area contributed by atoms with Crippen LogP contribution in [-0.2, 0) is 9.84 Å². The summed E-state index contributed by atoms with van der Waals surface area (Å²) < 4.78 is 24.3. The Bertz CT molecular complexity index is 445. The molecule has 5 heteroatoms. The average Bonchev–Trinajstić information content (AvgIpc) is 3.24. The summed E-state index contributed by atoms with van der Waals surface area (Å²) >= 11 is 0. The molecule has 0 aromatic heterocycles. The van der Waals surface area contributed by atoms with Crippen molar-refractivity contribution in [2.24, 2.45) is 5.92 Å². The van der Waals surface area contributed by atoms with Gasteiger partial charge in [0.2, 0.25) is 0 Å². The van der Waals surface area contributed by atoms with Crippen LogP contribution < -0.4 is 5.32 Å². The third-order valence-electron chi connectivity index (χ3n) is 5.37. The van der Waals surface area contributed by atoms with Crippen LogP contribution >= 0.6 is 0 Å². The summed E-state index contributed by atoms with van der Waals surface area (Å²) in [7, 11) is -2.94. The Hall–Kier alpha value is -0.130. The Morgan fingerprint density at radius 1 is 1.33 bits per heavy atom. The van der Waals surface area contributed by atoms with Crippen LogP contribution in [0.5, 0.6) is 0 Å². The van der Waals surface area contributed by atoms with Gasteiger partial charge in [0.15, 0.2) is 9.84 Å². The van der Waals surface area contributed by atoms with E-state index in [4.69, 9.17) is 0 Å². The van der Waals surface area contributed by atoms with Crippen molar-refractivity contribution >= 4 is 9.84 Å². The molecule has 2 aliphatic rings. The van der Waals surface area contributed by atoms with Gasteiger partial charge in [0.05, 0.1) is 11.0 Å². The van der Waals surface area contributed by atoms with E-state index >= 15 is 0 Å². The molecule has 0 aromatic carbocycles. The quantitative estimate of drug-likeness (QED) is 0.781. The fraction of sp³-hybridized carbons (Fsp3) is 1.00. The fourth-order valence-electron chi connectivity index (χ4n) is 3.47. The third-order valence-corrected chi connectivity index (χ3v) is 7.56. The first-order valence-corrected chi connectivity index (χ1v) is 10.2. The normalized spacial score (nSPS) is 31.8. The van der Waals surface area contributed by atoms with Crippen LogP contribution in [0.3, 0.4) is 0 Å². The average molecular weight is 317 g/mol. The van der Waals surface area contributed by atoms with Crippen LogP contribution in [0.1, 0.15) is 53.4 Å². The van der Waals surface area contributed by atoms with Crippen molar-refractivity contribution in [1.29, 1.82) is 0 Å². The minimum absolute atomic E-state index is 0.150. The highest BCUT2D eigenvalue weighted by atomic mass is 32.2. The Morgan fingerprint density at radius 3 is 2.52 bits per heavy atom. The number of hydrogen-bond donors (Lipinski definition) is 1. The van der Waals surface area contributed by atoms with Gasteiger partial charge in [-0.25, -0.2) is 8.42 Å². The molecule has 0 amide bonds. The Kier molecular flexibility index (Phi) is 5.37. The standard InChI is InChI=1S/C16H32N2O2S/c1-5-6-15-11-18(9-10-21(19,20)13(2)3)16(4,12-17-15)14-7-8-14/h13-15,17H,5-12H2,1-4H3. The summed E-state index contributed by atoms with van der Waals surface area (Å²) in [5.74, 6) is 1.04. The second-order valence-corrected chi connectivity index (χ2v) is 10.0. The molecule has 2 fully saturated rings. The second-order valence-electron chi connectivity index (χ2n) is 7.36. The lowest BCUT2D eigenvalue weighted by Crippen LogP contribution is -2.65. The van der Waals surface area contributed by atoms with Gasteiger partial charge in [0.1, 0.15) is 0 Å². The van der Waals surface area contributed by atoms with Gasteiger partial charge in [-0.3, -0.25) is 4.90 Å². The van der Waals surface area contributed by atoms with Gasteiger partial charge in [-0.1, -0.05) is 13.3 Å². The monoisotopic (exact) mass is 316 g/mol. The van der Waals surface area contributed by atoms with Gasteiger partial charge >= 0.3 is 0 Å². The molecule has 0 spiro atoms. The third kappa shape index (κ3) is 3.99. The Balaban J connectivity index is 2.03. The molecular formula is C16H32N2O2S. The van der Waals surface area contributed by atoms with Crippen LogP contribution in [0.15, 0.2) is 0 Å². The van der Waals surface area contributed by atoms with Gasteiger partial charge in [-0.15, -0.1) is 0 Å². The van der Waals surface area contributed by atoms with E-state index in [9.17, 15) is 8.42 Å². The molecule has 2 atom stereocenters. The van der Waals surface area contributed by atoms with Gasteiger partial charge in [-0.2, -0.15) is 0 Å². The smallest absolute Gasteiger partial charge is 0.153 e. The first kappa shape index (κ1) is 17.2. The number of rotatable bonds is 7. The van der Waals surface area contributed by atoms with E-state index < -0.39 is 9.84 Å². The fourth-order valence-corrected chi connectivity index (χ4v) is 4.42. The molecule has 0 aromatic rings. The van der Waals surface area contributed by atoms with E-state index in [1.54, 1.807) is 13.8 Å². The number of hydrogen-bond acceptors (Lipinski definition) is 4. The summed E-state index contributed by atoms with van der Waals surface area (Å²) in [6.07, 6.45) is 4.94. The van der Waals surface area contributed by atoms with Crippen molar-refractivity contribution in [3.05, 3.63) is 0 Å². The second kappa shape index (κ2) is 6.55. The zero-order valence-corrected chi connectivity index (χ0v) is 14.9. The highest BCUT2D eigenvalue weighted by Gasteiger charge is 2.48. The summed E-state index contributed by atoms with van der Waals surface area (Å²) in [6, 6.07) is 0.517. The van der Waals surface area contributed by atoms with Crippen LogP contribution in [0.25, 0.3) is 0 Å². The highest BCUT2D eigenvalue weighted by molar-refractivity contribution is 7.92.